The minimum Gasteiger partial charge on any atom is -0.332 e. The molecule has 0 spiro atoms. The fourth-order valence-corrected chi connectivity index (χ4v) is 4.90. The summed E-state index contributed by atoms with van der Waals surface area (Å²) in [5.74, 6) is 0. The van der Waals surface area contributed by atoms with Crippen molar-refractivity contribution in [3.63, 3.8) is 0 Å². The van der Waals surface area contributed by atoms with Crippen molar-refractivity contribution in [2.45, 2.75) is 38.0 Å². The molecule has 1 fully saturated rings. The Morgan fingerprint density at radius 2 is 1.56 bits per heavy atom. The standard InChI is InChI=1S/C20H25N3O2S2/c1-15-8-4-5-9-18(15)21-20(26)22-19-14-17(11-10-16(19)2)27(24,25)23-12-6-3-7-13-23/h4-5,8-11,14H,3,6-7,12-13H2,1-2H3,(H2,21,22,26). The third-order valence-electron chi connectivity index (χ3n) is 4.80. The van der Waals surface area contributed by atoms with E-state index in [1.54, 1.807) is 16.4 Å². The number of nitrogens with zero attached hydrogens (tertiary/aromatic N) is 1. The van der Waals surface area contributed by atoms with Crippen LogP contribution in [0.4, 0.5) is 11.4 Å². The molecule has 0 radical (unpaired) electrons. The quantitative estimate of drug-likeness (QED) is 0.746. The van der Waals surface area contributed by atoms with Crippen molar-refractivity contribution >= 4 is 38.7 Å². The Morgan fingerprint density at radius 1 is 0.926 bits per heavy atom. The molecule has 7 heteroatoms. The van der Waals surface area contributed by atoms with Gasteiger partial charge < -0.3 is 10.6 Å². The van der Waals surface area contributed by atoms with Gasteiger partial charge in [-0.05, 0) is 68.2 Å². The summed E-state index contributed by atoms with van der Waals surface area (Å²) in [6, 6.07) is 13.0. The smallest absolute Gasteiger partial charge is 0.243 e. The van der Waals surface area contributed by atoms with E-state index < -0.39 is 10.0 Å². The summed E-state index contributed by atoms with van der Waals surface area (Å²) in [6.45, 7) is 5.11. The van der Waals surface area contributed by atoms with Gasteiger partial charge in [0.15, 0.2) is 5.11 Å². The normalized spacial score (nSPS) is 15.3. The highest BCUT2D eigenvalue weighted by Crippen LogP contribution is 2.25. The Bertz CT molecular complexity index is 936. The number of aryl methyl sites for hydroxylation is 2. The van der Waals surface area contributed by atoms with E-state index in [4.69, 9.17) is 12.2 Å². The number of thiocarbonyl (C=S) groups is 1. The predicted molar refractivity (Wildman–Crippen MR) is 115 cm³/mol. The van der Waals surface area contributed by atoms with E-state index in [1.165, 1.54) is 0 Å². The lowest BCUT2D eigenvalue weighted by Gasteiger charge is -2.26. The number of nitrogens with one attached hydrogen (secondary N) is 2. The molecule has 0 atom stereocenters. The van der Waals surface area contributed by atoms with Gasteiger partial charge in [-0.15, -0.1) is 0 Å². The Labute approximate surface area is 166 Å². The molecule has 27 heavy (non-hydrogen) atoms. The van der Waals surface area contributed by atoms with Crippen LogP contribution in [-0.4, -0.2) is 30.9 Å². The molecular formula is C20H25N3O2S2. The summed E-state index contributed by atoms with van der Waals surface area (Å²) in [5, 5.41) is 6.74. The van der Waals surface area contributed by atoms with E-state index in [1.807, 2.05) is 44.2 Å². The molecule has 0 amide bonds. The average molecular weight is 404 g/mol. The number of piperidine rings is 1. The maximum absolute atomic E-state index is 12.9. The van der Waals surface area contributed by atoms with Crippen LogP contribution in [0.15, 0.2) is 47.4 Å². The van der Waals surface area contributed by atoms with Crippen molar-refractivity contribution < 1.29 is 8.42 Å². The second kappa shape index (κ2) is 8.37. The largest absolute Gasteiger partial charge is 0.332 e. The lowest BCUT2D eigenvalue weighted by Crippen LogP contribution is -2.35. The molecule has 144 valence electrons. The van der Waals surface area contributed by atoms with Crippen molar-refractivity contribution in [1.82, 2.24) is 4.31 Å². The number of hydrogen-bond donors (Lipinski definition) is 2. The van der Waals surface area contributed by atoms with Gasteiger partial charge in [-0.25, -0.2) is 8.42 Å². The first-order valence-corrected chi connectivity index (χ1v) is 11.0. The van der Waals surface area contributed by atoms with Crippen LogP contribution in [0, 0.1) is 13.8 Å². The number of sulfonamides is 1. The second-order valence-electron chi connectivity index (χ2n) is 6.84. The molecule has 1 aliphatic heterocycles. The van der Waals surface area contributed by atoms with Crippen LogP contribution in [-0.2, 0) is 10.0 Å². The van der Waals surface area contributed by atoms with Gasteiger partial charge >= 0.3 is 0 Å². The first kappa shape index (κ1) is 19.8. The Morgan fingerprint density at radius 3 is 2.26 bits per heavy atom. The van der Waals surface area contributed by atoms with Gasteiger partial charge in [-0.1, -0.05) is 30.7 Å². The van der Waals surface area contributed by atoms with Crippen molar-refractivity contribution in [1.29, 1.82) is 0 Å². The van der Waals surface area contributed by atoms with Gasteiger partial charge in [0.1, 0.15) is 0 Å². The van der Waals surface area contributed by atoms with Gasteiger partial charge in [-0.2, -0.15) is 4.31 Å². The lowest BCUT2D eigenvalue weighted by molar-refractivity contribution is 0.346. The summed E-state index contributed by atoms with van der Waals surface area (Å²) >= 11 is 5.42. The summed E-state index contributed by atoms with van der Waals surface area (Å²) in [4.78, 5) is 0.302. The summed E-state index contributed by atoms with van der Waals surface area (Å²) in [7, 11) is -3.47. The second-order valence-corrected chi connectivity index (χ2v) is 9.18. The molecule has 0 aliphatic carbocycles. The van der Waals surface area contributed by atoms with Gasteiger partial charge in [-0.3, -0.25) is 0 Å². The highest BCUT2D eigenvalue weighted by molar-refractivity contribution is 7.89. The molecule has 5 nitrogen and oxygen atoms in total. The molecule has 3 rings (SSSR count). The molecule has 2 aromatic rings. The van der Waals surface area contributed by atoms with Crippen LogP contribution in [0.1, 0.15) is 30.4 Å². The first-order valence-electron chi connectivity index (χ1n) is 9.12. The fourth-order valence-electron chi connectivity index (χ4n) is 3.14. The SMILES string of the molecule is Cc1ccccc1NC(=S)Nc1cc(S(=O)(=O)N2CCCCC2)ccc1C. The van der Waals surface area contributed by atoms with Gasteiger partial charge in [0, 0.05) is 24.5 Å². The zero-order valence-corrected chi connectivity index (χ0v) is 17.3. The van der Waals surface area contributed by atoms with E-state index in [0.717, 1.165) is 36.1 Å². The number of para-hydroxylation sites is 1. The first-order chi connectivity index (χ1) is 12.9. The number of hydrogen-bond acceptors (Lipinski definition) is 3. The minimum atomic E-state index is -3.47. The molecule has 1 heterocycles. The maximum Gasteiger partial charge on any atom is 0.243 e. The molecule has 0 saturated carbocycles. The van der Waals surface area contributed by atoms with Gasteiger partial charge in [0.2, 0.25) is 10.0 Å². The van der Waals surface area contributed by atoms with Crippen LogP contribution in [0.25, 0.3) is 0 Å². The van der Waals surface area contributed by atoms with Crippen molar-refractivity contribution in [3.05, 3.63) is 53.6 Å². The average Bonchev–Trinajstić information content (AvgIpc) is 2.66. The van der Waals surface area contributed by atoms with Crippen LogP contribution in [0.5, 0.6) is 0 Å². The van der Waals surface area contributed by atoms with Crippen molar-refractivity contribution in [2.24, 2.45) is 0 Å². The molecular weight excluding hydrogens is 378 g/mol. The predicted octanol–water partition coefficient (Wildman–Crippen LogP) is 4.29. The summed E-state index contributed by atoms with van der Waals surface area (Å²) in [6.07, 6.45) is 2.92. The van der Waals surface area contributed by atoms with Crippen molar-refractivity contribution in [3.8, 4) is 0 Å². The van der Waals surface area contributed by atoms with Crippen molar-refractivity contribution in [2.75, 3.05) is 23.7 Å². The molecule has 2 N–H and O–H groups in total. The van der Waals surface area contributed by atoms with E-state index in [-0.39, 0.29) is 0 Å². The summed E-state index contributed by atoms with van der Waals surface area (Å²) in [5.41, 5.74) is 3.63. The van der Waals surface area contributed by atoms with E-state index in [0.29, 0.717) is 28.8 Å². The molecule has 1 aliphatic rings. The van der Waals surface area contributed by atoms with E-state index in [2.05, 4.69) is 10.6 Å². The topological polar surface area (TPSA) is 61.4 Å². The Balaban J connectivity index is 1.79. The molecule has 0 bridgehead atoms. The Hall–Kier alpha value is -1.96. The van der Waals surface area contributed by atoms with E-state index >= 15 is 0 Å². The van der Waals surface area contributed by atoms with E-state index in [9.17, 15) is 8.42 Å². The zero-order valence-electron chi connectivity index (χ0n) is 15.7. The Kier molecular flexibility index (Phi) is 6.14. The number of rotatable bonds is 4. The number of benzene rings is 2. The zero-order chi connectivity index (χ0) is 19.4. The maximum atomic E-state index is 12.9. The highest BCUT2D eigenvalue weighted by atomic mass is 32.2. The summed E-state index contributed by atoms with van der Waals surface area (Å²) < 4.78 is 27.4. The van der Waals surface area contributed by atoms with Crippen LogP contribution < -0.4 is 10.6 Å². The highest BCUT2D eigenvalue weighted by Gasteiger charge is 2.26. The molecule has 0 aromatic heterocycles. The molecule has 1 saturated heterocycles. The monoisotopic (exact) mass is 403 g/mol. The minimum absolute atomic E-state index is 0.302. The molecule has 0 unspecified atom stereocenters. The van der Waals surface area contributed by atoms with Gasteiger partial charge in [0.25, 0.3) is 0 Å². The lowest BCUT2D eigenvalue weighted by atomic mass is 10.2. The third kappa shape index (κ3) is 4.66. The molecule has 2 aromatic carbocycles. The third-order valence-corrected chi connectivity index (χ3v) is 6.90. The fraction of sp³-hybridized carbons (Fsp3) is 0.350. The number of anilines is 2. The van der Waals surface area contributed by atoms with Crippen LogP contribution in [0.2, 0.25) is 0 Å². The van der Waals surface area contributed by atoms with Gasteiger partial charge in [0.05, 0.1) is 4.90 Å². The van der Waals surface area contributed by atoms with Crippen LogP contribution >= 0.6 is 12.2 Å². The van der Waals surface area contributed by atoms with Crippen LogP contribution in [0.3, 0.4) is 0 Å².